The van der Waals surface area contributed by atoms with Crippen LogP contribution in [0.25, 0.3) is 0 Å². The smallest absolute Gasteiger partial charge is 0.221 e. The molecule has 1 rings (SSSR count). The van der Waals surface area contributed by atoms with Crippen molar-refractivity contribution in [2.75, 3.05) is 6.54 Å². The third kappa shape index (κ3) is 4.78. The second kappa shape index (κ2) is 6.80. The highest BCUT2D eigenvalue weighted by molar-refractivity contribution is 5.87. The van der Waals surface area contributed by atoms with E-state index in [1.165, 1.54) is 6.92 Å². The zero-order chi connectivity index (χ0) is 12.7. The lowest BCUT2D eigenvalue weighted by Gasteiger charge is -2.15. The molecule has 0 saturated carbocycles. The number of aryl methyl sites for hydroxylation is 1. The molecule has 0 aromatic carbocycles. The molecular weight excluding hydrogens is 220 g/mol. The Balaban J connectivity index is 2.43. The number of Topliss-reactive ketones (excluding diaryl/α,β-unsaturated/α-hetero) is 1. The molecule has 0 spiro atoms. The standard InChI is InChI=1S/C11H18N4O2/c1-8(16)10(15-11(17)4-5-12)3-2-9-6-13-7-14-9/h6-7,10H,2-5,12H2,1H3,(H,13,14)(H,15,17)/t10-/m0/s1. The van der Waals surface area contributed by atoms with Crippen molar-refractivity contribution in [1.82, 2.24) is 15.3 Å². The molecule has 0 aliphatic heterocycles. The van der Waals surface area contributed by atoms with E-state index in [1.807, 2.05) is 0 Å². The number of carbonyl (C=O) groups is 2. The highest BCUT2D eigenvalue weighted by Crippen LogP contribution is 2.02. The molecule has 0 aliphatic rings. The number of nitrogens with two attached hydrogens (primary N) is 1. The number of hydrogen-bond acceptors (Lipinski definition) is 4. The van der Waals surface area contributed by atoms with Crippen molar-refractivity contribution < 1.29 is 9.59 Å². The van der Waals surface area contributed by atoms with Gasteiger partial charge in [-0.15, -0.1) is 0 Å². The largest absolute Gasteiger partial charge is 0.348 e. The van der Waals surface area contributed by atoms with Crippen molar-refractivity contribution in [1.29, 1.82) is 0 Å². The highest BCUT2D eigenvalue weighted by atomic mass is 16.2. The number of ketones is 1. The Hall–Kier alpha value is -1.69. The summed E-state index contributed by atoms with van der Waals surface area (Å²) < 4.78 is 0. The minimum atomic E-state index is -0.447. The monoisotopic (exact) mass is 238 g/mol. The summed E-state index contributed by atoms with van der Waals surface area (Å²) in [6.07, 6.45) is 4.78. The van der Waals surface area contributed by atoms with Gasteiger partial charge < -0.3 is 16.0 Å². The summed E-state index contributed by atoms with van der Waals surface area (Å²) in [6, 6.07) is -0.447. The van der Waals surface area contributed by atoms with Crippen LogP contribution in [-0.4, -0.2) is 34.2 Å². The van der Waals surface area contributed by atoms with Crippen molar-refractivity contribution in [2.45, 2.75) is 32.2 Å². The van der Waals surface area contributed by atoms with Crippen molar-refractivity contribution in [3.05, 3.63) is 18.2 Å². The maximum Gasteiger partial charge on any atom is 0.221 e. The van der Waals surface area contributed by atoms with E-state index in [0.29, 0.717) is 12.8 Å². The maximum atomic E-state index is 11.4. The van der Waals surface area contributed by atoms with Gasteiger partial charge in [0.2, 0.25) is 5.91 Å². The molecular formula is C11H18N4O2. The first-order chi connectivity index (χ1) is 8.13. The van der Waals surface area contributed by atoms with Gasteiger partial charge in [0, 0.05) is 24.9 Å². The summed E-state index contributed by atoms with van der Waals surface area (Å²) in [5.74, 6) is -0.229. The van der Waals surface area contributed by atoms with Gasteiger partial charge in [0.25, 0.3) is 0 Å². The minimum Gasteiger partial charge on any atom is -0.348 e. The van der Waals surface area contributed by atoms with Gasteiger partial charge in [-0.3, -0.25) is 9.59 Å². The van der Waals surface area contributed by atoms with Crippen LogP contribution in [0.15, 0.2) is 12.5 Å². The fraction of sp³-hybridized carbons (Fsp3) is 0.545. The van der Waals surface area contributed by atoms with Crippen LogP contribution in [0.3, 0.4) is 0 Å². The predicted octanol–water partition coefficient (Wildman–Crippen LogP) is -0.235. The van der Waals surface area contributed by atoms with Gasteiger partial charge in [-0.1, -0.05) is 0 Å². The van der Waals surface area contributed by atoms with E-state index < -0.39 is 6.04 Å². The number of H-pyrrole nitrogens is 1. The van der Waals surface area contributed by atoms with Gasteiger partial charge in [0.05, 0.1) is 12.4 Å². The molecule has 1 amide bonds. The lowest BCUT2D eigenvalue weighted by molar-refractivity contribution is -0.126. The summed E-state index contributed by atoms with van der Waals surface area (Å²) in [6.45, 7) is 1.76. The van der Waals surface area contributed by atoms with Crippen LogP contribution in [0.5, 0.6) is 0 Å². The molecule has 6 heteroatoms. The Morgan fingerprint density at radius 1 is 1.59 bits per heavy atom. The lowest BCUT2D eigenvalue weighted by Crippen LogP contribution is -2.40. The van der Waals surface area contributed by atoms with Gasteiger partial charge in [-0.2, -0.15) is 0 Å². The van der Waals surface area contributed by atoms with E-state index in [1.54, 1.807) is 12.5 Å². The van der Waals surface area contributed by atoms with Crippen molar-refractivity contribution >= 4 is 11.7 Å². The molecule has 0 aliphatic carbocycles. The van der Waals surface area contributed by atoms with Crippen LogP contribution in [0.4, 0.5) is 0 Å². The number of aromatic nitrogens is 2. The van der Waals surface area contributed by atoms with Gasteiger partial charge >= 0.3 is 0 Å². The van der Waals surface area contributed by atoms with E-state index in [0.717, 1.165) is 5.69 Å². The Labute approximate surface area is 100.0 Å². The second-order valence-electron chi connectivity index (χ2n) is 3.88. The quantitative estimate of drug-likeness (QED) is 0.610. The lowest BCUT2D eigenvalue weighted by atomic mass is 10.1. The zero-order valence-electron chi connectivity index (χ0n) is 9.90. The molecule has 0 fully saturated rings. The molecule has 4 N–H and O–H groups in total. The molecule has 0 unspecified atom stereocenters. The summed E-state index contributed by atoms with van der Waals surface area (Å²) >= 11 is 0. The van der Waals surface area contributed by atoms with E-state index in [-0.39, 0.29) is 24.7 Å². The second-order valence-corrected chi connectivity index (χ2v) is 3.88. The minimum absolute atomic E-state index is 0.0464. The van der Waals surface area contributed by atoms with Crippen LogP contribution >= 0.6 is 0 Å². The van der Waals surface area contributed by atoms with Gasteiger partial charge in [0.15, 0.2) is 5.78 Å². The first-order valence-electron chi connectivity index (χ1n) is 5.60. The number of nitrogens with zero attached hydrogens (tertiary/aromatic N) is 1. The van der Waals surface area contributed by atoms with E-state index in [4.69, 9.17) is 5.73 Å². The van der Waals surface area contributed by atoms with Crippen molar-refractivity contribution in [2.24, 2.45) is 5.73 Å². The molecule has 1 aromatic heterocycles. The number of nitrogens with one attached hydrogen (secondary N) is 2. The molecule has 0 radical (unpaired) electrons. The number of carbonyl (C=O) groups excluding carboxylic acids is 2. The average Bonchev–Trinajstić information content (AvgIpc) is 2.77. The molecule has 0 bridgehead atoms. The molecule has 1 heterocycles. The molecule has 1 atom stereocenters. The van der Waals surface area contributed by atoms with Crippen LogP contribution in [0.2, 0.25) is 0 Å². The number of amides is 1. The van der Waals surface area contributed by atoms with Crippen LogP contribution < -0.4 is 11.1 Å². The number of hydrogen-bond donors (Lipinski definition) is 3. The summed E-state index contributed by atoms with van der Waals surface area (Å²) in [4.78, 5) is 29.6. The topological polar surface area (TPSA) is 101 Å². The van der Waals surface area contributed by atoms with E-state index in [2.05, 4.69) is 15.3 Å². The van der Waals surface area contributed by atoms with Gasteiger partial charge in [0.1, 0.15) is 0 Å². The average molecular weight is 238 g/mol. The number of rotatable bonds is 7. The van der Waals surface area contributed by atoms with Gasteiger partial charge in [-0.05, 0) is 19.8 Å². The highest BCUT2D eigenvalue weighted by Gasteiger charge is 2.16. The van der Waals surface area contributed by atoms with Crippen molar-refractivity contribution in [3.63, 3.8) is 0 Å². The van der Waals surface area contributed by atoms with Crippen LogP contribution in [-0.2, 0) is 16.0 Å². The Bertz CT molecular complexity index is 362. The first kappa shape index (κ1) is 13.4. The van der Waals surface area contributed by atoms with Gasteiger partial charge in [-0.25, -0.2) is 4.98 Å². The zero-order valence-corrected chi connectivity index (χ0v) is 9.90. The van der Waals surface area contributed by atoms with Crippen LogP contribution in [0.1, 0.15) is 25.5 Å². The molecule has 94 valence electrons. The Morgan fingerprint density at radius 3 is 2.88 bits per heavy atom. The summed E-state index contributed by atoms with van der Waals surface area (Å²) in [5, 5.41) is 2.68. The SMILES string of the molecule is CC(=O)[C@H](CCc1cnc[nH]1)NC(=O)CCN. The first-order valence-corrected chi connectivity index (χ1v) is 5.60. The summed E-state index contributed by atoms with van der Waals surface area (Å²) in [5.41, 5.74) is 6.22. The third-order valence-electron chi connectivity index (χ3n) is 2.45. The Morgan fingerprint density at radius 2 is 2.35 bits per heavy atom. The fourth-order valence-electron chi connectivity index (χ4n) is 1.50. The van der Waals surface area contributed by atoms with Crippen molar-refractivity contribution in [3.8, 4) is 0 Å². The molecule has 6 nitrogen and oxygen atoms in total. The number of aromatic amines is 1. The predicted molar refractivity (Wildman–Crippen MR) is 63.2 cm³/mol. The maximum absolute atomic E-state index is 11.4. The normalized spacial score (nSPS) is 12.1. The fourth-order valence-corrected chi connectivity index (χ4v) is 1.50. The van der Waals surface area contributed by atoms with Crippen LogP contribution in [0, 0.1) is 0 Å². The number of imidazole rings is 1. The Kier molecular flexibility index (Phi) is 5.35. The third-order valence-corrected chi connectivity index (χ3v) is 2.45. The van der Waals surface area contributed by atoms with E-state index >= 15 is 0 Å². The molecule has 1 aromatic rings. The van der Waals surface area contributed by atoms with E-state index in [9.17, 15) is 9.59 Å². The molecule has 17 heavy (non-hydrogen) atoms. The summed E-state index contributed by atoms with van der Waals surface area (Å²) in [7, 11) is 0. The molecule has 0 saturated heterocycles.